The van der Waals surface area contributed by atoms with Gasteiger partial charge in [0, 0.05) is 11.8 Å². The maximum atomic E-state index is 10.3. The highest BCUT2D eigenvalue weighted by Crippen LogP contribution is 2.22. The second kappa shape index (κ2) is 4.07. The lowest BCUT2D eigenvalue weighted by Crippen LogP contribution is -2.07. The van der Waals surface area contributed by atoms with Gasteiger partial charge in [-0.25, -0.2) is 0 Å². The van der Waals surface area contributed by atoms with Gasteiger partial charge in [-0.1, -0.05) is 48.5 Å². The highest BCUT2D eigenvalue weighted by atomic mass is 16.3. The second-order valence-electron chi connectivity index (χ2n) is 4.07. The number of nitrogens with zero attached hydrogens (tertiary/aromatic N) is 1. The van der Waals surface area contributed by atoms with Crippen molar-refractivity contribution in [3.8, 4) is 0 Å². The predicted molar refractivity (Wildman–Crippen MR) is 68.7 cm³/mol. The van der Waals surface area contributed by atoms with Gasteiger partial charge in [-0.2, -0.15) is 0 Å². The maximum absolute atomic E-state index is 10.3. The van der Waals surface area contributed by atoms with Crippen molar-refractivity contribution in [3.63, 3.8) is 0 Å². The number of aliphatic hydroxyl groups excluding tert-OH is 1. The van der Waals surface area contributed by atoms with E-state index in [0.717, 1.165) is 16.5 Å². The molecule has 1 N–H and O–H groups in total. The Bertz CT molecular complexity index is 627. The van der Waals surface area contributed by atoms with E-state index >= 15 is 0 Å². The third-order valence-corrected chi connectivity index (χ3v) is 2.99. The molecule has 0 bridgehead atoms. The number of aromatic nitrogens is 1. The number of aliphatic hydroxyl groups is 1. The van der Waals surface area contributed by atoms with Gasteiger partial charge in [0.05, 0.1) is 5.52 Å². The molecule has 0 spiro atoms. The Hall–Kier alpha value is -2.06. The zero-order valence-electron chi connectivity index (χ0n) is 9.32. The van der Waals surface area contributed by atoms with Crippen LogP contribution >= 0.6 is 0 Å². The van der Waals surface area contributed by atoms with Crippen LogP contribution in [0.25, 0.3) is 10.9 Å². The minimum Gasteiger partial charge on any atom is -0.369 e. The van der Waals surface area contributed by atoms with Crippen molar-refractivity contribution in [1.82, 2.24) is 4.57 Å². The van der Waals surface area contributed by atoms with E-state index in [2.05, 4.69) is 0 Å². The summed E-state index contributed by atoms with van der Waals surface area (Å²) in [6.07, 6.45) is 1.29. The molecule has 84 valence electrons. The van der Waals surface area contributed by atoms with E-state index in [9.17, 15) is 5.11 Å². The van der Waals surface area contributed by atoms with E-state index in [1.165, 1.54) is 0 Å². The van der Waals surface area contributed by atoms with E-state index in [-0.39, 0.29) is 0 Å². The molecule has 0 aliphatic heterocycles. The quantitative estimate of drug-likeness (QED) is 0.709. The third-order valence-electron chi connectivity index (χ3n) is 2.99. The number of benzene rings is 2. The van der Waals surface area contributed by atoms with Gasteiger partial charge in [0.25, 0.3) is 0 Å². The molecule has 3 aromatic rings. The van der Waals surface area contributed by atoms with Gasteiger partial charge in [0.1, 0.15) is 0 Å². The lowest BCUT2D eigenvalue weighted by molar-refractivity contribution is 0.151. The first kappa shape index (κ1) is 10.1. The summed E-state index contributed by atoms with van der Waals surface area (Å²) in [5.41, 5.74) is 1.94. The van der Waals surface area contributed by atoms with Crippen LogP contribution < -0.4 is 0 Å². The zero-order valence-corrected chi connectivity index (χ0v) is 9.32. The molecule has 1 aromatic heterocycles. The van der Waals surface area contributed by atoms with Gasteiger partial charge in [0.2, 0.25) is 0 Å². The minimum atomic E-state index is -0.629. The molecule has 17 heavy (non-hydrogen) atoms. The van der Waals surface area contributed by atoms with Crippen molar-refractivity contribution >= 4 is 10.9 Å². The van der Waals surface area contributed by atoms with Crippen LogP contribution in [-0.4, -0.2) is 9.67 Å². The van der Waals surface area contributed by atoms with Crippen molar-refractivity contribution in [2.45, 2.75) is 6.23 Å². The Morgan fingerprint density at radius 1 is 0.824 bits per heavy atom. The van der Waals surface area contributed by atoms with Crippen molar-refractivity contribution in [1.29, 1.82) is 0 Å². The van der Waals surface area contributed by atoms with Gasteiger partial charge in [0.15, 0.2) is 6.23 Å². The SMILES string of the molecule is OC(c1ccccc1)n1ccc2ccccc21. The number of fused-ring (bicyclic) bond motifs is 1. The lowest BCUT2D eigenvalue weighted by Gasteiger charge is -2.14. The van der Waals surface area contributed by atoms with Gasteiger partial charge in [-0.3, -0.25) is 0 Å². The predicted octanol–water partition coefficient (Wildman–Crippen LogP) is 3.18. The fourth-order valence-corrected chi connectivity index (χ4v) is 2.10. The van der Waals surface area contributed by atoms with Crippen molar-refractivity contribution < 1.29 is 5.11 Å². The lowest BCUT2D eigenvalue weighted by atomic mass is 10.2. The first-order valence-electron chi connectivity index (χ1n) is 5.65. The molecule has 2 heteroatoms. The third kappa shape index (κ3) is 1.73. The zero-order chi connectivity index (χ0) is 11.7. The maximum Gasteiger partial charge on any atom is 0.157 e. The second-order valence-corrected chi connectivity index (χ2v) is 4.07. The van der Waals surface area contributed by atoms with E-state index in [4.69, 9.17) is 0 Å². The van der Waals surface area contributed by atoms with E-state index < -0.39 is 6.23 Å². The van der Waals surface area contributed by atoms with E-state index in [1.807, 2.05) is 71.4 Å². The topological polar surface area (TPSA) is 25.2 Å². The van der Waals surface area contributed by atoms with Crippen molar-refractivity contribution in [2.24, 2.45) is 0 Å². The standard InChI is InChI=1S/C15H13NO/c17-15(13-7-2-1-3-8-13)16-11-10-12-6-4-5-9-14(12)16/h1-11,15,17H. The van der Waals surface area contributed by atoms with Gasteiger partial charge in [-0.05, 0) is 17.5 Å². The van der Waals surface area contributed by atoms with Crippen LogP contribution in [0.5, 0.6) is 0 Å². The summed E-state index contributed by atoms with van der Waals surface area (Å²) in [5.74, 6) is 0. The Balaban J connectivity index is 2.10. The van der Waals surface area contributed by atoms with Crippen LogP contribution in [0.2, 0.25) is 0 Å². The molecule has 0 aliphatic carbocycles. The van der Waals surface area contributed by atoms with Crippen LogP contribution in [0, 0.1) is 0 Å². The van der Waals surface area contributed by atoms with Crippen LogP contribution in [0.3, 0.4) is 0 Å². The summed E-state index contributed by atoms with van der Waals surface area (Å²) in [4.78, 5) is 0. The number of para-hydroxylation sites is 1. The smallest absolute Gasteiger partial charge is 0.157 e. The molecular formula is C15H13NO. The summed E-state index contributed by atoms with van der Waals surface area (Å²) in [6.45, 7) is 0. The first-order valence-corrected chi connectivity index (χ1v) is 5.65. The summed E-state index contributed by atoms with van der Waals surface area (Å²) in [6, 6.07) is 19.7. The van der Waals surface area contributed by atoms with Crippen molar-refractivity contribution in [3.05, 3.63) is 72.4 Å². The average molecular weight is 223 g/mol. The molecule has 1 atom stereocenters. The normalized spacial score (nSPS) is 12.8. The van der Waals surface area contributed by atoms with Crippen LogP contribution in [0.4, 0.5) is 0 Å². The largest absolute Gasteiger partial charge is 0.369 e. The fourth-order valence-electron chi connectivity index (χ4n) is 2.10. The summed E-state index contributed by atoms with van der Waals surface area (Å²) in [5, 5.41) is 11.5. The fraction of sp³-hybridized carbons (Fsp3) is 0.0667. The van der Waals surface area contributed by atoms with Gasteiger partial charge in [-0.15, -0.1) is 0 Å². The average Bonchev–Trinajstić information content (AvgIpc) is 2.83. The van der Waals surface area contributed by atoms with Gasteiger partial charge >= 0.3 is 0 Å². The molecule has 0 amide bonds. The summed E-state index contributed by atoms with van der Waals surface area (Å²) >= 11 is 0. The molecule has 0 fully saturated rings. The molecule has 1 heterocycles. The Morgan fingerprint density at radius 2 is 1.53 bits per heavy atom. The first-order chi connectivity index (χ1) is 8.36. The van der Waals surface area contributed by atoms with E-state index in [1.54, 1.807) is 0 Å². The summed E-state index contributed by atoms with van der Waals surface area (Å²) in [7, 11) is 0. The number of hydrogen-bond donors (Lipinski definition) is 1. The highest BCUT2D eigenvalue weighted by molar-refractivity contribution is 5.80. The number of hydrogen-bond acceptors (Lipinski definition) is 1. The van der Waals surface area contributed by atoms with E-state index in [0.29, 0.717) is 0 Å². The Kier molecular flexibility index (Phi) is 2.42. The number of rotatable bonds is 2. The van der Waals surface area contributed by atoms with Crippen LogP contribution in [0.15, 0.2) is 66.9 Å². The molecule has 2 aromatic carbocycles. The molecular weight excluding hydrogens is 210 g/mol. The molecule has 0 saturated heterocycles. The van der Waals surface area contributed by atoms with Crippen LogP contribution in [0.1, 0.15) is 11.8 Å². The van der Waals surface area contributed by atoms with Crippen LogP contribution in [-0.2, 0) is 0 Å². The Labute approximate surface area is 99.7 Å². The monoisotopic (exact) mass is 223 g/mol. The molecule has 0 radical (unpaired) electrons. The highest BCUT2D eigenvalue weighted by Gasteiger charge is 2.10. The van der Waals surface area contributed by atoms with Gasteiger partial charge < -0.3 is 9.67 Å². The molecule has 0 aliphatic rings. The Morgan fingerprint density at radius 3 is 2.35 bits per heavy atom. The molecule has 0 saturated carbocycles. The minimum absolute atomic E-state index is 0.629. The molecule has 2 nitrogen and oxygen atoms in total. The summed E-state index contributed by atoms with van der Waals surface area (Å²) < 4.78 is 1.88. The van der Waals surface area contributed by atoms with Crippen molar-refractivity contribution in [2.75, 3.05) is 0 Å². The molecule has 3 rings (SSSR count). The molecule has 1 unspecified atom stereocenters.